The van der Waals surface area contributed by atoms with Crippen LogP contribution in [-0.2, 0) is 4.79 Å². The van der Waals surface area contributed by atoms with Gasteiger partial charge in [-0.15, -0.1) is 0 Å². The lowest BCUT2D eigenvalue weighted by atomic mass is 9.89. The number of fused-ring (bicyclic) bond motifs is 2. The first kappa shape index (κ1) is 22.6. The van der Waals surface area contributed by atoms with Crippen molar-refractivity contribution in [1.82, 2.24) is 20.7 Å². The van der Waals surface area contributed by atoms with E-state index in [1.807, 2.05) is 6.26 Å². The number of hydrogen-bond acceptors (Lipinski definition) is 7. The van der Waals surface area contributed by atoms with Gasteiger partial charge in [0, 0.05) is 11.4 Å². The summed E-state index contributed by atoms with van der Waals surface area (Å²) < 4.78 is 53.4. The highest BCUT2D eigenvalue weighted by atomic mass is 32.2. The van der Waals surface area contributed by atoms with Crippen molar-refractivity contribution >= 4 is 34.3 Å². The average Bonchev–Trinajstić information content (AvgIpc) is 3.41. The molecule has 3 aromatic rings. The third kappa shape index (κ3) is 3.68. The first-order chi connectivity index (χ1) is 16.3. The summed E-state index contributed by atoms with van der Waals surface area (Å²) in [5.41, 5.74) is 4.28. The van der Waals surface area contributed by atoms with Crippen molar-refractivity contribution in [3.63, 3.8) is 0 Å². The Hall–Kier alpha value is -3.18. The Balaban J connectivity index is 1.62. The molecule has 3 heterocycles. The van der Waals surface area contributed by atoms with E-state index in [4.69, 9.17) is 9.15 Å². The topological polar surface area (TPSA) is 79.6 Å². The molecule has 2 N–H and O–H groups in total. The zero-order valence-electron chi connectivity index (χ0n) is 18.2. The van der Waals surface area contributed by atoms with Crippen LogP contribution in [0.3, 0.4) is 0 Å². The van der Waals surface area contributed by atoms with Crippen LogP contribution in [0.5, 0.6) is 5.75 Å². The Bertz CT molecular complexity index is 1260. The van der Waals surface area contributed by atoms with Crippen LogP contribution in [0.15, 0.2) is 58.6 Å². The first-order valence-electron chi connectivity index (χ1n) is 10.5. The summed E-state index contributed by atoms with van der Waals surface area (Å²) in [4.78, 5) is 18.1. The minimum atomic E-state index is -4.58. The van der Waals surface area contributed by atoms with E-state index in [0.717, 1.165) is 5.01 Å². The van der Waals surface area contributed by atoms with Crippen LogP contribution in [-0.4, -0.2) is 53.4 Å². The Labute approximate surface area is 197 Å². The molecule has 2 aromatic carbocycles. The molecule has 3 unspecified atom stereocenters. The van der Waals surface area contributed by atoms with Crippen molar-refractivity contribution in [3.05, 3.63) is 65.7 Å². The number of aromatic nitrogens is 1. The summed E-state index contributed by atoms with van der Waals surface area (Å²) in [7, 11) is 1.49. The number of alkyl halides is 3. The number of nitrogens with zero attached hydrogens (tertiary/aromatic N) is 2. The second-order valence-electron chi connectivity index (χ2n) is 7.96. The van der Waals surface area contributed by atoms with Crippen molar-refractivity contribution in [2.45, 2.75) is 24.3 Å². The second-order valence-corrected chi connectivity index (χ2v) is 8.83. The van der Waals surface area contributed by atoms with Crippen LogP contribution in [0.1, 0.15) is 17.4 Å². The maximum Gasteiger partial charge on any atom is 0.406 e. The van der Waals surface area contributed by atoms with Gasteiger partial charge in [-0.05, 0) is 24.0 Å². The minimum Gasteiger partial charge on any atom is -0.494 e. The number of amides is 1. The molecule has 0 aliphatic carbocycles. The van der Waals surface area contributed by atoms with Crippen LogP contribution in [0.2, 0.25) is 0 Å². The van der Waals surface area contributed by atoms with Crippen molar-refractivity contribution in [1.29, 1.82) is 0 Å². The van der Waals surface area contributed by atoms with Gasteiger partial charge in [0.15, 0.2) is 11.1 Å². The SMILES string of the molecule is COc1cccc2oc(C3=C(CSC)NC4C(c5ccccc5)C(C(F)(F)F)NN4C3=O)nc12. The van der Waals surface area contributed by atoms with Crippen LogP contribution < -0.4 is 15.5 Å². The molecule has 0 radical (unpaired) electrons. The lowest BCUT2D eigenvalue weighted by molar-refractivity contribution is -0.161. The molecule has 178 valence electrons. The van der Waals surface area contributed by atoms with Gasteiger partial charge in [-0.25, -0.2) is 15.4 Å². The molecule has 7 nitrogen and oxygen atoms in total. The molecule has 11 heteroatoms. The minimum absolute atomic E-state index is 0.0213. The van der Waals surface area contributed by atoms with Gasteiger partial charge in [-0.1, -0.05) is 36.4 Å². The number of nitrogens with one attached hydrogen (secondary N) is 2. The van der Waals surface area contributed by atoms with Gasteiger partial charge < -0.3 is 14.5 Å². The fourth-order valence-electron chi connectivity index (χ4n) is 4.49. The second kappa shape index (κ2) is 8.55. The van der Waals surface area contributed by atoms with Crippen LogP contribution in [0.25, 0.3) is 16.7 Å². The quantitative estimate of drug-likeness (QED) is 0.562. The van der Waals surface area contributed by atoms with Crippen LogP contribution >= 0.6 is 11.8 Å². The molecule has 3 atom stereocenters. The number of ether oxygens (including phenoxy) is 1. The fraction of sp³-hybridized carbons (Fsp3) is 0.304. The van der Waals surface area contributed by atoms with Crippen molar-refractivity contribution in [2.75, 3.05) is 19.1 Å². The normalized spacial score (nSPS) is 22.8. The lowest BCUT2D eigenvalue weighted by Crippen LogP contribution is -2.55. The molecule has 34 heavy (non-hydrogen) atoms. The monoisotopic (exact) mass is 490 g/mol. The maximum absolute atomic E-state index is 14.1. The van der Waals surface area contributed by atoms with Gasteiger partial charge in [0.1, 0.15) is 23.5 Å². The molecular weight excluding hydrogens is 469 g/mol. The summed E-state index contributed by atoms with van der Waals surface area (Å²) in [5.74, 6) is -0.833. The zero-order chi connectivity index (χ0) is 24.0. The molecule has 1 amide bonds. The van der Waals surface area contributed by atoms with E-state index in [0.29, 0.717) is 33.9 Å². The Kier molecular flexibility index (Phi) is 5.68. The highest BCUT2D eigenvalue weighted by Gasteiger charge is 2.58. The zero-order valence-corrected chi connectivity index (χ0v) is 19.0. The molecule has 2 aliphatic rings. The third-order valence-corrected chi connectivity index (χ3v) is 6.53. The number of benzene rings is 2. The molecule has 0 saturated carbocycles. The highest BCUT2D eigenvalue weighted by Crippen LogP contribution is 2.43. The van der Waals surface area contributed by atoms with E-state index in [2.05, 4.69) is 15.7 Å². The number of hydrogen-bond donors (Lipinski definition) is 2. The number of oxazole rings is 1. The van der Waals surface area contributed by atoms with Gasteiger partial charge in [0.25, 0.3) is 5.91 Å². The van der Waals surface area contributed by atoms with E-state index < -0.39 is 30.2 Å². The lowest BCUT2D eigenvalue weighted by Gasteiger charge is -2.35. The predicted molar refractivity (Wildman–Crippen MR) is 122 cm³/mol. The van der Waals surface area contributed by atoms with Crippen molar-refractivity contribution < 1.29 is 27.1 Å². The number of hydrazine groups is 1. The van der Waals surface area contributed by atoms with Gasteiger partial charge in [0.05, 0.1) is 13.0 Å². The van der Waals surface area contributed by atoms with Crippen molar-refractivity contribution in [3.8, 4) is 5.75 Å². The fourth-order valence-corrected chi connectivity index (χ4v) is 5.01. The number of thioether (sulfide) groups is 1. The Morgan fingerprint density at radius 1 is 1.18 bits per heavy atom. The van der Waals surface area contributed by atoms with E-state index in [-0.39, 0.29) is 11.5 Å². The average molecular weight is 491 g/mol. The molecule has 1 aromatic heterocycles. The number of carbonyl (C=O) groups is 1. The van der Waals surface area contributed by atoms with Gasteiger partial charge in [-0.2, -0.15) is 24.9 Å². The van der Waals surface area contributed by atoms with Crippen LogP contribution in [0.4, 0.5) is 13.2 Å². The standard InChI is InChI=1S/C23H21F3N4O3S/c1-32-14-9-6-10-15-18(14)28-21(33-15)17-13(11-34-2)27-20-16(12-7-4-3-5-8-12)19(23(24,25)26)29-30(20)22(17)31/h3-10,16,19-20,27,29H,11H2,1-2H3. The molecule has 0 bridgehead atoms. The molecule has 5 rings (SSSR count). The molecule has 1 saturated heterocycles. The van der Waals surface area contributed by atoms with Gasteiger partial charge >= 0.3 is 6.18 Å². The third-order valence-electron chi connectivity index (χ3n) is 5.95. The molecule has 0 spiro atoms. The number of carbonyl (C=O) groups excluding carboxylic acids is 1. The number of para-hydroxylation sites is 1. The largest absolute Gasteiger partial charge is 0.494 e. The molecular formula is C23H21F3N4O3S. The van der Waals surface area contributed by atoms with Gasteiger partial charge in [0.2, 0.25) is 5.89 Å². The smallest absolute Gasteiger partial charge is 0.406 e. The highest BCUT2D eigenvalue weighted by molar-refractivity contribution is 7.98. The molecule has 2 aliphatic heterocycles. The number of rotatable bonds is 5. The Morgan fingerprint density at radius 2 is 1.94 bits per heavy atom. The molecule has 1 fully saturated rings. The number of halogens is 3. The summed E-state index contributed by atoms with van der Waals surface area (Å²) >= 11 is 1.43. The van der Waals surface area contributed by atoms with E-state index in [1.54, 1.807) is 48.5 Å². The first-order valence-corrected chi connectivity index (χ1v) is 11.9. The van der Waals surface area contributed by atoms with E-state index in [1.165, 1.54) is 18.9 Å². The Morgan fingerprint density at radius 3 is 2.62 bits per heavy atom. The van der Waals surface area contributed by atoms with Crippen molar-refractivity contribution in [2.24, 2.45) is 0 Å². The summed E-state index contributed by atoms with van der Waals surface area (Å²) in [6.07, 6.45) is -3.67. The van der Waals surface area contributed by atoms with E-state index >= 15 is 0 Å². The van der Waals surface area contributed by atoms with Crippen LogP contribution in [0, 0.1) is 0 Å². The number of methoxy groups -OCH3 is 1. The van der Waals surface area contributed by atoms with Gasteiger partial charge in [-0.3, -0.25) is 4.79 Å². The predicted octanol–water partition coefficient (Wildman–Crippen LogP) is 3.90. The summed E-state index contributed by atoms with van der Waals surface area (Å²) in [6.45, 7) is 0. The maximum atomic E-state index is 14.1. The van der Waals surface area contributed by atoms with E-state index in [9.17, 15) is 18.0 Å². The summed E-state index contributed by atoms with van der Waals surface area (Å²) in [6, 6.07) is 11.6. The summed E-state index contributed by atoms with van der Waals surface area (Å²) in [5, 5.41) is 4.20.